The summed E-state index contributed by atoms with van der Waals surface area (Å²) >= 11 is 0. The van der Waals surface area contributed by atoms with Gasteiger partial charge in [0.1, 0.15) is 12.4 Å². The first-order chi connectivity index (χ1) is 18.8. The molecule has 1 rings (SSSR count). The number of hydrogen-bond donors (Lipinski definition) is 0. The number of imidazole rings is 1. The van der Waals surface area contributed by atoms with Gasteiger partial charge in [-0.1, -0.05) is 174 Å². The van der Waals surface area contributed by atoms with Crippen LogP contribution in [-0.2, 0) is 20.0 Å². The number of rotatable bonds is 30. The summed E-state index contributed by atoms with van der Waals surface area (Å²) < 4.78 is 4.91. The molecule has 0 N–H and O–H groups in total. The van der Waals surface area contributed by atoms with Crippen molar-refractivity contribution in [3.63, 3.8) is 0 Å². The van der Waals surface area contributed by atoms with Gasteiger partial charge in [-0.2, -0.15) is 0 Å². The van der Waals surface area contributed by atoms with Gasteiger partial charge in [-0.15, -0.1) is 0 Å². The van der Waals surface area contributed by atoms with Crippen LogP contribution in [0.25, 0.3) is 0 Å². The summed E-state index contributed by atoms with van der Waals surface area (Å²) in [5.41, 5.74) is 0. The Hall–Kier alpha value is -0.790. The van der Waals surface area contributed by atoms with Crippen molar-refractivity contribution in [3.8, 4) is 0 Å². The van der Waals surface area contributed by atoms with Crippen molar-refractivity contribution in [2.75, 3.05) is 0 Å². The average Bonchev–Trinajstić information content (AvgIpc) is 3.27. The molecule has 0 unspecified atom stereocenters. The summed E-state index contributed by atoms with van der Waals surface area (Å²) in [7, 11) is 2.24. The van der Waals surface area contributed by atoms with E-state index in [2.05, 4.69) is 42.4 Å². The molecule has 0 aliphatic rings. The number of nitrogens with zero attached hydrogens (tertiary/aromatic N) is 2. The molecule has 0 bridgehead atoms. The van der Waals surface area contributed by atoms with Crippen LogP contribution in [0.3, 0.4) is 0 Å². The fourth-order valence-electron chi connectivity index (χ4n) is 6.03. The van der Waals surface area contributed by atoms with Crippen molar-refractivity contribution in [2.24, 2.45) is 7.05 Å². The van der Waals surface area contributed by atoms with Crippen molar-refractivity contribution in [1.29, 1.82) is 0 Å². The van der Waals surface area contributed by atoms with Crippen molar-refractivity contribution in [1.82, 2.24) is 4.57 Å². The quantitative estimate of drug-likeness (QED) is 0.0689. The van der Waals surface area contributed by atoms with E-state index in [1.807, 2.05) is 0 Å². The van der Waals surface area contributed by atoms with Crippen LogP contribution < -0.4 is 4.57 Å². The molecule has 38 heavy (non-hydrogen) atoms. The molecule has 0 amide bonds. The topological polar surface area (TPSA) is 8.81 Å². The number of hydrogen-bond acceptors (Lipinski definition) is 0. The first-order valence-electron chi connectivity index (χ1n) is 17.8. The maximum absolute atomic E-state index is 2.54. The third kappa shape index (κ3) is 21.1. The Kier molecular flexibility index (Phi) is 25.7. The Morgan fingerprint density at radius 1 is 0.447 bits per heavy atom. The fraction of sp³-hybridized carbons (Fsp3) is 0.917. The average molecular weight is 532 g/mol. The highest BCUT2D eigenvalue weighted by atomic mass is 15.1. The van der Waals surface area contributed by atoms with Gasteiger partial charge >= 0.3 is 0 Å². The number of unbranched alkanes of at least 4 members (excludes halogenated alkanes) is 26. The summed E-state index contributed by atoms with van der Waals surface area (Å²) in [4.78, 5) is 0. The van der Waals surface area contributed by atoms with E-state index in [1.165, 1.54) is 193 Å². The molecule has 0 saturated carbocycles. The predicted molar refractivity (Wildman–Crippen MR) is 170 cm³/mol. The van der Waals surface area contributed by atoms with Crippen LogP contribution in [0.4, 0.5) is 0 Å². The van der Waals surface area contributed by atoms with Crippen LogP contribution in [0.2, 0.25) is 0 Å². The van der Waals surface area contributed by atoms with Gasteiger partial charge < -0.3 is 0 Å². The highest BCUT2D eigenvalue weighted by Gasteiger charge is 2.13. The Morgan fingerprint density at radius 2 is 0.763 bits per heavy atom. The zero-order valence-electron chi connectivity index (χ0n) is 26.8. The van der Waals surface area contributed by atoms with Crippen LogP contribution in [0, 0.1) is 0 Å². The fourth-order valence-corrected chi connectivity index (χ4v) is 6.03. The summed E-state index contributed by atoms with van der Waals surface area (Å²) in [5, 5.41) is 0. The van der Waals surface area contributed by atoms with Gasteiger partial charge in [0.25, 0.3) is 5.82 Å². The van der Waals surface area contributed by atoms with E-state index in [0.717, 1.165) is 0 Å². The second-order valence-electron chi connectivity index (χ2n) is 12.5. The van der Waals surface area contributed by atoms with Gasteiger partial charge in [0, 0.05) is 6.42 Å². The highest BCUT2D eigenvalue weighted by molar-refractivity contribution is 4.84. The van der Waals surface area contributed by atoms with Crippen LogP contribution in [0.5, 0.6) is 0 Å². The predicted octanol–water partition coefficient (Wildman–Crippen LogP) is 11.8. The zero-order valence-corrected chi connectivity index (χ0v) is 26.8. The molecule has 1 heterocycles. The van der Waals surface area contributed by atoms with E-state index >= 15 is 0 Å². The van der Waals surface area contributed by atoms with Crippen molar-refractivity contribution in [3.05, 3.63) is 18.2 Å². The molecule has 1 aromatic rings. The third-order valence-corrected chi connectivity index (χ3v) is 8.72. The SMILES string of the molecule is CCCCCCCCCCCCCCCCCCc1n(CCCCCCCCCCCCCC)cc[n+]1C. The van der Waals surface area contributed by atoms with E-state index in [9.17, 15) is 0 Å². The standard InChI is InChI=1S/C36H71N2/c1-4-6-8-10-12-14-16-18-19-20-21-22-24-26-28-30-32-36-37(3)34-35-38(36)33-31-29-27-25-23-17-15-13-11-9-7-5-2/h34-35H,4-33H2,1-3H3/q+1. The normalized spacial score (nSPS) is 11.6. The number of aromatic nitrogens is 2. The first kappa shape index (κ1) is 35.2. The van der Waals surface area contributed by atoms with E-state index < -0.39 is 0 Å². The molecule has 0 aromatic carbocycles. The highest BCUT2D eigenvalue weighted by Crippen LogP contribution is 2.15. The molecule has 2 nitrogen and oxygen atoms in total. The minimum Gasteiger partial charge on any atom is -0.237 e. The summed E-state index contributed by atoms with van der Waals surface area (Å²) in [6.07, 6.45) is 46.2. The Bertz CT molecular complexity index is 590. The minimum atomic E-state index is 1.21. The van der Waals surface area contributed by atoms with Gasteiger partial charge in [0.2, 0.25) is 0 Å². The molecule has 0 spiro atoms. The largest absolute Gasteiger partial charge is 0.256 e. The van der Waals surface area contributed by atoms with Crippen LogP contribution in [0.1, 0.15) is 199 Å². The van der Waals surface area contributed by atoms with Crippen molar-refractivity contribution >= 4 is 0 Å². The molecule has 0 aliphatic carbocycles. The maximum Gasteiger partial charge on any atom is 0.256 e. The minimum absolute atomic E-state index is 1.21. The lowest BCUT2D eigenvalue weighted by Crippen LogP contribution is -2.32. The van der Waals surface area contributed by atoms with Crippen LogP contribution >= 0.6 is 0 Å². The van der Waals surface area contributed by atoms with Crippen LogP contribution in [0.15, 0.2) is 12.4 Å². The molecule has 0 aliphatic heterocycles. The lowest BCUT2D eigenvalue weighted by molar-refractivity contribution is -0.678. The van der Waals surface area contributed by atoms with E-state index in [1.54, 1.807) is 5.82 Å². The molecule has 0 saturated heterocycles. The molecular formula is C36H71N2+. The molecule has 224 valence electrons. The molecule has 0 radical (unpaired) electrons. The van der Waals surface area contributed by atoms with E-state index in [-0.39, 0.29) is 0 Å². The number of aryl methyl sites for hydroxylation is 2. The molecule has 1 aromatic heterocycles. The van der Waals surface area contributed by atoms with Crippen LogP contribution in [-0.4, -0.2) is 4.57 Å². The molecule has 2 heteroatoms. The van der Waals surface area contributed by atoms with Crippen molar-refractivity contribution in [2.45, 2.75) is 207 Å². The Morgan fingerprint density at radius 3 is 1.13 bits per heavy atom. The first-order valence-corrected chi connectivity index (χ1v) is 17.8. The lowest BCUT2D eigenvalue weighted by Gasteiger charge is -2.05. The van der Waals surface area contributed by atoms with E-state index in [0.29, 0.717) is 0 Å². The third-order valence-electron chi connectivity index (χ3n) is 8.72. The summed E-state index contributed by atoms with van der Waals surface area (Å²) in [5.74, 6) is 1.54. The van der Waals surface area contributed by atoms with Gasteiger partial charge in [-0.05, 0) is 19.3 Å². The second kappa shape index (κ2) is 27.8. The molecule has 0 atom stereocenters. The smallest absolute Gasteiger partial charge is 0.237 e. The monoisotopic (exact) mass is 532 g/mol. The molecular weight excluding hydrogens is 460 g/mol. The Balaban J connectivity index is 1.91. The zero-order chi connectivity index (χ0) is 27.4. The lowest BCUT2D eigenvalue weighted by atomic mass is 10.0. The Labute approximate surface area is 240 Å². The van der Waals surface area contributed by atoms with Gasteiger partial charge in [-0.25, -0.2) is 9.13 Å². The molecule has 0 fully saturated rings. The van der Waals surface area contributed by atoms with Gasteiger partial charge in [-0.3, -0.25) is 0 Å². The summed E-state index contributed by atoms with van der Waals surface area (Å²) in [6, 6.07) is 0. The second-order valence-corrected chi connectivity index (χ2v) is 12.5. The maximum atomic E-state index is 2.54. The summed E-state index contributed by atoms with van der Waals surface area (Å²) in [6.45, 7) is 5.83. The van der Waals surface area contributed by atoms with Gasteiger partial charge in [0.05, 0.1) is 13.6 Å². The van der Waals surface area contributed by atoms with Crippen molar-refractivity contribution < 1.29 is 4.57 Å². The van der Waals surface area contributed by atoms with Gasteiger partial charge in [0.15, 0.2) is 0 Å². The van der Waals surface area contributed by atoms with E-state index in [4.69, 9.17) is 0 Å².